The molecule has 0 saturated heterocycles. The molecule has 6 nitrogen and oxygen atoms in total. The van der Waals surface area contributed by atoms with Gasteiger partial charge in [0.1, 0.15) is 17.3 Å². The third-order valence-corrected chi connectivity index (χ3v) is 7.76. The van der Waals surface area contributed by atoms with Crippen LogP contribution in [-0.2, 0) is 28.6 Å². The van der Waals surface area contributed by atoms with E-state index >= 15 is 0 Å². The molecule has 2 aliphatic carbocycles. The van der Waals surface area contributed by atoms with Crippen LogP contribution in [0.1, 0.15) is 71.6 Å². The van der Waals surface area contributed by atoms with E-state index in [9.17, 15) is 18.0 Å². The van der Waals surface area contributed by atoms with Gasteiger partial charge in [0.05, 0.1) is 11.9 Å². The Hall–Kier alpha value is -1.21. The van der Waals surface area contributed by atoms with E-state index in [-0.39, 0.29) is 6.10 Å². The maximum Gasteiger partial charge on any atom is 0.322 e. The first kappa shape index (κ1) is 22.1. The van der Waals surface area contributed by atoms with E-state index in [0.717, 1.165) is 44.9 Å². The van der Waals surface area contributed by atoms with E-state index in [2.05, 4.69) is 6.58 Å². The average Bonchev–Trinajstić information content (AvgIpc) is 2.66. The van der Waals surface area contributed by atoms with Crippen LogP contribution in [0.25, 0.3) is 0 Å². The molecule has 7 heteroatoms. The Kier molecular flexibility index (Phi) is 7.63. The molecule has 0 aromatic carbocycles. The lowest BCUT2D eigenvalue weighted by atomic mass is 9.87. The molecule has 0 N–H and O–H groups in total. The molecule has 2 aliphatic rings. The van der Waals surface area contributed by atoms with Gasteiger partial charge in [-0.3, -0.25) is 13.8 Å². The molecule has 0 spiro atoms. The van der Waals surface area contributed by atoms with E-state index < -0.39 is 39.1 Å². The van der Waals surface area contributed by atoms with Gasteiger partial charge in [-0.2, -0.15) is 8.42 Å². The second kappa shape index (κ2) is 9.32. The standard InChI is InChI=1S/C20H32O6S/c1-4-16-10-12-18(13-11-16)27(23,24)25-14-20(3,15(2)21)19(22)26-17-8-6-5-7-9-17/h4,16-18H,1,5-14H2,2-3H3. The van der Waals surface area contributed by atoms with Crippen LogP contribution < -0.4 is 0 Å². The SMILES string of the molecule is C=CC1CCC(S(=O)(=O)OCC(C)(C(C)=O)C(=O)OC2CCCCC2)CC1. The van der Waals surface area contributed by atoms with Crippen molar-refractivity contribution in [3.05, 3.63) is 12.7 Å². The van der Waals surface area contributed by atoms with Crippen LogP contribution >= 0.6 is 0 Å². The highest BCUT2D eigenvalue weighted by Gasteiger charge is 2.44. The fourth-order valence-corrected chi connectivity index (χ4v) is 5.12. The van der Waals surface area contributed by atoms with E-state index in [0.29, 0.717) is 18.8 Å². The molecule has 2 rings (SSSR count). The Bertz CT molecular complexity index is 641. The second-order valence-corrected chi connectivity index (χ2v) is 9.97. The number of esters is 1. The first-order chi connectivity index (χ1) is 12.7. The molecular weight excluding hydrogens is 368 g/mol. The maximum atomic E-state index is 12.6. The van der Waals surface area contributed by atoms with Crippen molar-refractivity contribution in [3.63, 3.8) is 0 Å². The third-order valence-electron chi connectivity index (χ3n) is 6.03. The summed E-state index contributed by atoms with van der Waals surface area (Å²) in [6.45, 7) is 5.93. The minimum Gasteiger partial charge on any atom is -0.462 e. The van der Waals surface area contributed by atoms with Gasteiger partial charge in [0.2, 0.25) is 0 Å². The topological polar surface area (TPSA) is 86.7 Å². The summed E-state index contributed by atoms with van der Waals surface area (Å²) >= 11 is 0. The number of carbonyl (C=O) groups is 2. The fraction of sp³-hybridized carbons (Fsp3) is 0.800. The highest BCUT2D eigenvalue weighted by atomic mass is 32.2. The van der Waals surface area contributed by atoms with Crippen LogP contribution in [0.3, 0.4) is 0 Å². The molecule has 2 saturated carbocycles. The van der Waals surface area contributed by atoms with Crippen LogP contribution in [0, 0.1) is 11.3 Å². The number of rotatable bonds is 8. The average molecular weight is 401 g/mol. The van der Waals surface area contributed by atoms with Crippen LogP contribution in [0.5, 0.6) is 0 Å². The first-order valence-corrected chi connectivity index (χ1v) is 11.4. The van der Waals surface area contributed by atoms with Crippen LogP contribution in [-0.4, -0.2) is 38.1 Å². The summed E-state index contributed by atoms with van der Waals surface area (Å²) in [7, 11) is -3.84. The van der Waals surface area contributed by atoms with Gasteiger partial charge in [-0.1, -0.05) is 12.5 Å². The minimum absolute atomic E-state index is 0.198. The number of hydrogen-bond donors (Lipinski definition) is 0. The van der Waals surface area contributed by atoms with E-state index in [1.165, 1.54) is 13.8 Å². The van der Waals surface area contributed by atoms with Crippen LogP contribution in [0.2, 0.25) is 0 Å². The zero-order valence-electron chi connectivity index (χ0n) is 16.4. The molecule has 0 radical (unpaired) electrons. The Balaban J connectivity index is 1.98. The van der Waals surface area contributed by atoms with E-state index in [1.54, 1.807) is 0 Å². The zero-order chi connectivity index (χ0) is 20.1. The smallest absolute Gasteiger partial charge is 0.322 e. The Morgan fingerprint density at radius 2 is 1.67 bits per heavy atom. The van der Waals surface area contributed by atoms with Gasteiger partial charge in [0.15, 0.2) is 0 Å². The molecule has 0 bridgehead atoms. The Morgan fingerprint density at radius 3 is 2.19 bits per heavy atom. The van der Waals surface area contributed by atoms with Crippen molar-refractivity contribution >= 4 is 21.9 Å². The van der Waals surface area contributed by atoms with Crippen molar-refractivity contribution in [1.82, 2.24) is 0 Å². The van der Waals surface area contributed by atoms with Crippen molar-refractivity contribution in [2.45, 2.75) is 83.0 Å². The second-order valence-electron chi connectivity index (χ2n) is 8.08. The number of ether oxygens (including phenoxy) is 1. The Morgan fingerprint density at radius 1 is 1.07 bits per heavy atom. The summed E-state index contributed by atoms with van der Waals surface area (Å²) in [6, 6.07) is 0. The van der Waals surface area contributed by atoms with Crippen molar-refractivity contribution in [1.29, 1.82) is 0 Å². The zero-order valence-corrected chi connectivity index (χ0v) is 17.3. The van der Waals surface area contributed by atoms with E-state index in [4.69, 9.17) is 8.92 Å². The van der Waals surface area contributed by atoms with Gasteiger partial charge in [0, 0.05) is 0 Å². The third kappa shape index (κ3) is 5.64. The molecule has 2 fully saturated rings. The molecular formula is C20H32O6S. The quantitative estimate of drug-likeness (QED) is 0.268. The number of Topliss-reactive ketones (excluding diaryl/α,β-unsaturated/α-hetero) is 1. The molecule has 0 amide bonds. The molecule has 27 heavy (non-hydrogen) atoms. The lowest BCUT2D eigenvalue weighted by molar-refractivity contribution is -0.166. The van der Waals surface area contributed by atoms with Crippen LogP contribution in [0.15, 0.2) is 12.7 Å². The van der Waals surface area contributed by atoms with Crippen molar-refractivity contribution in [2.24, 2.45) is 11.3 Å². The largest absolute Gasteiger partial charge is 0.462 e. The molecule has 1 atom stereocenters. The monoisotopic (exact) mass is 400 g/mol. The molecule has 0 aliphatic heterocycles. The molecule has 0 aromatic rings. The van der Waals surface area contributed by atoms with Gasteiger partial charge in [-0.25, -0.2) is 0 Å². The minimum atomic E-state index is -3.84. The Labute approximate surface area is 162 Å². The molecule has 154 valence electrons. The van der Waals surface area contributed by atoms with Crippen LogP contribution in [0.4, 0.5) is 0 Å². The number of carbonyl (C=O) groups excluding carboxylic acids is 2. The van der Waals surface area contributed by atoms with Gasteiger partial charge in [-0.05, 0) is 71.1 Å². The normalized spacial score (nSPS) is 26.7. The predicted octanol–water partition coefficient (Wildman–Crippen LogP) is 3.55. The van der Waals surface area contributed by atoms with Crippen molar-refractivity contribution in [2.75, 3.05) is 6.61 Å². The van der Waals surface area contributed by atoms with Gasteiger partial charge >= 0.3 is 5.97 Å². The van der Waals surface area contributed by atoms with Crippen molar-refractivity contribution < 1.29 is 26.9 Å². The summed E-state index contributed by atoms with van der Waals surface area (Å²) in [6.07, 6.45) is 8.84. The fourth-order valence-electron chi connectivity index (χ4n) is 3.68. The highest BCUT2D eigenvalue weighted by Crippen LogP contribution is 2.32. The molecule has 0 aromatic heterocycles. The summed E-state index contributed by atoms with van der Waals surface area (Å²) in [5, 5.41) is -0.598. The predicted molar refractivity (Wildman–Crippen MR) is 103 cm³/mol. The summed E-state index contributed by atoms with van der Waals surface area (Å²) in [5.41, 5.74) is -1.61. The number of ketones is 1. The lowest BCUT2D eigenvalue weighted by Gasteiger charge is -2.30. The molecule has 0 heterocycles. The number of allylic oxidation sites excluding steroid dienone is 1. The van der Waals surface area contributed by atoms with Gasteiger partial charge in [-0.15, -0.1) is 6.58 Å². The summed E-state index contributed by atoms with van der Waals surface area (Å²) in [4.78, 5) is 24.8. The van der Waals surface area contributed by atoms with Crippen molar-refractivity contribution in [3.8, 4) is 0 Å². The maximum absolute atomic E-state index is 12.6. The molecule has 1 unspecified atom stereocenters. The summed E-state index contributed by atoms with van der Waals surface area (Å²) in [5.74, 6) is -0.800. The highest BCUT2D eigenvalue weighted by molar-refractivity contribution is 7.87. The van der Waals surface area contributed by atoms with Gasteiger partial charge in [0.25, 0.3) is 10.1 Å². The number of hydrogen-bond acceptors (Lipinski definition) is 6. The van der Waals surface area contributed by atoms with Gasteiger partial charge < -0.3 is 4.74 Å². The van der Waals surface area contributed by atoms with E-state index in [1.807, 2.05) is 6.08 Å². The lowest BCUT2D eigenvalue weighted by Crippen LogP contribution is -2.44. The summed E-state index contributed by atoms with van der Waals surface area (Å²) < 4.78 is 35.8. The first-order valence-electron chi connectivity index (χ1n) is 9.92.